The summed E-state index contributed by atoms with van der Waals surface area (Å²) >= 11 is 0. The lowest BCUT2D eigenvalue weighted by atomic mass is 10.0. The van der Waals surface area contributed by atoms with Crippen molar-refractivity contribution in [2.24, 2.45) is 0 Å². The molecule has 0 rings (SSSR count). The molecule has 2 nitrogen and oxygen atoms in total. The molecular formula is C7H15FO2. The predicted molar refractivity (Wildman–Crippen MR) is 37.7 cm³/mol. The Balaban J connectivity index is 3.58. The summed E-state index contributed by atoms with van der Waals surface area (Å²) in [6.07, 6.45) is 0.614. The first-order valence-corrected chi connectivity index (χ1v) is 3.47. The largest absolute Gasteiger partial charge is 0.393 e. The number of methoxy groups -OCH3 is 1. The van der Waals surface area contributed by atoms with Crippen molar-refractivity contribution >= 4 is 0 Å². The van der Waals surface area contributed by atoms with Crippen LogP contribution in [-0.4, -0.2) is 31.1 Å². The summed E-state index contributed by atoms with van der Waals surface area (Å²) in [4.78, 5) is 0. The van der Waals surface area contributed by atoms with Gasteiger partial charge in [0.05, 0.1) is 6.61 Å². The fourth-order valence-electron chi connectivity index (χ4n) is 0.653. The number of hydrogen-bond acceptors (Lipinski definition) is 2. The van der Waals surface area contributed by atoms with E-state index in [1.54, 1.807) is 6.92 Å². The highest BCUT2D eigenvalue weighted by molar-refractivity contribution is 4.75. The molecule has 1 atom stereocenters. The fraction of sp³-hybridized carbons (Fsp3) is 1.00. The van der Waals surface area contributed by atoms with Crippen LogP contribution in [0, 0.1) is 0 Å². The van der Waals surface area contributed by atoms with Crippen LogP contribution in [0.5, 0.6) is 0 Å². The van der Waals surface area contributed by atoms with E-state index in [2.05, 4.69) is 0 Å². The summed E-state index contributed by atoms with van der Waals surface area (Å²) < 4.78 is 17.8. The quantitative estimate of drug-likeness (QED) is 0.636. The molecule has 0 heterocycles. The minimum Gasteiger partial charge on any atom is -0.393 e. The van der Waals surface area contributed by atoms with Gasteiger partial charge in [-0.15, -0.1) is 0 Å². The summed E-state index contributed by atoms with van der Waals surface area (Å²) in [5.41, 5.74) is -1.43. The Labute approximate surface area is 61.0 Å². The first-order chi connectivity index (χ1) is 4.68. The van der Waals surface area contributed by atoms with Gasteiger partial charge in [-0.3, -0.25) is 0 Å². The van der Waals surface area contributed by atoms with Gasteiger partial charge in [0.2, 0.25) is 0 Å². The van der Waals surface area contributed by atoms with Gasteiger partial charge in [0.1, 0.15) is 5.67 Å². The zero-order valence-corrected chi connectivity index (χ0v) is 6.56. The van der Waals surface area contributed by atoms with Gasteiger partial charge in [0.25, 0.3) is 0 Å². The lowest BCUT2D eigenvalue weighted by Crippen LogP contribution is -2.28. The molecule has 62 valence electrons. The third-order valence-electron chi connectivity index (χ3n) is 1.67. The average Bonchev–Trinajstić information content (AvgIpc) is 2.00. The second kappa shape index (κ2) is 4.63. The minimum atomic E-state index is -1.43. The highest BCUT2D eigenvalue weighted by atomic mass is 19.1. The molecule has 3 heteroatoms. The van der Waals surface area contributed by atoms with Crippen molar-refractivity contribution in [3.05, 3.63) is 0 Å². The smallest absolute Gasteiger partial charge is 0.135 e. The van der Waals surface area contributed by atoms with E-state index in [0.717, 1.165) is 0 Å². The number of hydrogen-bond donors (Lipinski definition) is 1. The zero-order chi connectivity index (χ0) is 8.04. The van der Waals surface area contributed by atoms with Gasteiger partial charge >= 0.3 is 0 Å². The third-order valence-corrected chi connectivity index (χ3v) is 1.67. The Kier molecular flexibility index (Phi) is 4.56. The van der Waals surface area contributed by atoms with Gasteiger partial charge in [-0.25, -0.2) is 4.39 Å². The molecular weight excluding hydrogens is 135 g/mol. The van der Waals surface area contributed by atoms with Crippen LogP contribution in [0.25, 0.3) is 0 Å². The highest BCUT2D eigenvalue weighted by Crippen LogP contribution is 2.19. The maximum Gasteiger partial charge on any atom is 0.135 e. The topological polar surface area (TPSA) is 29.5 Å². The zero-order valence-electron chi connectivity index (χ0n) is 6.56. The highest BCUT2D eigenvalue weighted by Gasteiger charge is 2.25. The molecule has 1 unspecified atom stereocenters. The van der Waals surface area contributed by atoms with Gasteiger partial charge in [-0.05, 0) is 6.42 Å². The lowest BCUT2D eigenvalue weighted by Gasteiger charge is -2.19. The van der Waals surface area contributed by atoms with Crippen LogP contribution >= 0.6 is 0 Å². The Morgan fingerprint density at radius 3 is 2.50 bits per heavy atom. The standard InChI is InChI=1S/C7H15FO2/c1-3-7(8,6-9)4-5-10-2/h9H,3-6H2,1-2H3. The Bertz CT molecular complexity index is 81.7. The molecule has 0 aromatic rings. The Hall–Kier alpha value is -0.150. The molecule has 0 amide bonds. The summed E-state index contributed by atoms with van der Waals surface area (Å²) in [5.74, 6) is 0. The van der Waals surface area contributed by atoms with Crippen LogP contribution in [0.15, 0.2) is 0 Å². The molecule has 0 aromatic heterocycles. The van der Waals surface area contributed by atoms with E-state index in [-0.39, 0.29) is 6.42 Å². The van der Waals surface area contributed by atoms with E-state index in [9.17, 15) is 4.39 Å². The van der Waals surface area contributed by atoms with Crippen LogP contribution in [0.4, 0.5) is 4.39 Å². The first kappa shape index (κ1) is 9.85. The second-order valence-corrected chi connectivity index (χ2v) is 2.41. The molecule has 10 heavy (non-hydrogen) atoms. The normalized spacial score (nSPS) is 16.8. The van der Waals surface area contributed by atoms with E-state index in [4.69, 9.17) is 9.84 Å². The van der Waals surface area contributed by atoms with Gasteiger partial charge in [-0.2, -0.15) is 0 Å². The Morgan fingerprint density at radius 1 is 1.60 bits per heavy atom. The van der Waals surface area contributed by atoms with Gasteiger partial charge < -0.3 is 9.84 Å². The van der Waals surface area contributed by atoms with Gasteiger partial charge in [-0.1, -0.05) is 6.92 Å². The molecule has 0 saturated heterocycles. The predicted octanol–water partition coefficient (Wildman–Crippen LogP) is 1.13. The number of aliphatic hydroxyl groups excluding tert-OH is 1. The summed E-state index contributed by atoms with van der Waals surface area (Å²) in [6.45, 7) is 1.67. The van der Waals surface area contributed by atoms with E-state index < -0.39 is 12.3 Å². The van der Waals surface area contributed by atoms with Crippen molar-refractivity contribution in [3.63, 3.8) is 0 Å². The van der Waals surface area contributed by atoms with Crippen molar-refractivity contribution in [2.45, 2.75) is 25.4 Å². The average molecular weight is 150 g/mol. The van der Waals surface area contributed by atoms with Crippen molar-refractivity contribution in [1.82, 2.24) is 0 Å². The maximum absolute atomic E-state index is 13.1. The van der Waals surface area contributed by atoms with Crippen molar-refractivity contribution in [3.8, 4) is 0 Å². The van der Waals surface area contributed by atoms with Crippen molar-refractivity contribution < 1.29 is 14.2 Å². The molecule has 0 spiro atoms. The monoisotopic (exact) mass is 150 g/mol. The Morgan fingerprint density at radius 2 is 2.20 bits per heavy atom. The van der Waals surface area contributed by atoms with Crippen LogP contribution in [0.2, 0.25) is 0 Å². The van der Waals surface area contributed by atoms with Crippen LogP contribution < -0.4 is 0 Å². The van der Waals surface area contributed by atoms with E-state index in [1.807, 2.05) is 0 Å². The van der Waals surface area contributed by atoms with Gasteiger partial charge in [0, 0.05) is 20.1 Å². The van der Waals surface area contributed by atoms with E-state index >= 15 is 0 Å². The number of ether oxygens (including phenoxy) is 1. The molecule has 0 aromatic carbocycles. The molecule has 0 aliphatic heterocycles. The minimum absolute atomic E-state index is 0.274. The summed E-state index contributed by atoms with van der Waals surface area (Å²) in [7, 11) is 1.52. The number of rotatable bonds is 5. The molecule has 0 aliphatic carbocycles. The van der Waals surface area contributed by atoms with Crippen LogP contribution in [-0.2, 0) is 4.74 Å². The summed E-state index contributed by atoms with van der Waals surface area (Å²) in [5, 5.41) is 8.58. The van der Waals surface area contributed by atoms with Crippen LogP contribution in [0.1, 0.15) is 19.8 Å². The molecule has 0 bridgehead atoms. The van der Waals surface area contributed by atoms with Crippen molar-refractivity contribution in [2.75, 3.05) is 20.3 Å². The molecule has 0 radical (unpaired) electrons. The maximum atomic E-state index is 13.1. The molecule has 0 fully saturated rings. The van der Waals surface area contributed by atoms with E-state index in [0.29, 0.717) is 13.0 Å². The molecule has 1 N–H and O–H groups in total. The van der Waals surface area contributed by atoms with Crippen molar-refractivity contribution in [1.29, 1.82) is 0 Å². The fourth-order valence-corrected chi connectivity index (χ4v) is 0.653. The molecule has 0 saturated carbocycles. The van der Waals surface area contributed by atoms with Gasteiger partial charge in [0.15, 0.2) is 0 Å². The first-order valence-electron chi connectivity index (χ1n) is 3.47. The number of alkyl halides is 1. The second-order valence-electron chi connectivity index (χ2n) is 2.41. The lowest BCUT2D eigenvalue weighted by molar-refractivity contribution is 0.0339. The molecule has 0 aliphatic rings. The summed E-state index contributed by atoms with van der Waals surface area (Å²) in [6, 6.07) is 0. The van der Waals surface area contributed by atoms with E-state index in [1.165, 1.54) is 7.11 Å². The number of halogens is 1. The third kappa shape index (κ3) is 3.13. The van der Waals surface area contributed by atoms with Crippen LogP contribution in [0.3, 0.4) is 0 Å². The number of aliphatic hydroxyl groups is 1. The SMILES string of the molecule is CCC(F)(CO)CCOC.